The minimum atomic E-state index is -4.58. The lowest BCUT2D eigenvalue weighted by Gasteiger charge is -2.15. The third-order valence-corrected chi connectivity index (χ3v) is 3.73. The summed E-state index contributed by atoms with van der Waals surface area (Å²) in [6.07, 6.45) is -1.93. The van der Waals surface area contributed by atoms with E-state index in [1.165, 1.54) is 0 Å². The van der Waals surface area contributed by atoms with Gasteiger partial charge in [0.15, 0.2) is 0 Å². The fourth-order valence-electron chi connectivity index (χ4n) is 2.56. The van der Waals surface area contributed by atoms with Crippen LogP contribution in [0.15, 0.2) is 18.2 Å². The third-order valence-electron chi connectivity index (χ3n) is 3.73. The molecule has 0 spiro atoms. The van der Waals surface area contributed by atoms with Crippen LogP contribution < -0.4 is 11.1 Å². The summed E-state index contributed by atoms with van der Waals surface area (Å²) >= 11 is 0. The molecule has 124 valence electrons. The van der Waals surface area contributed by atoms with E-state index in [1.54, 1.807) is 0 Å². The van der Waals surface area contributed by atoms with E-state index in [9.17, 15) is 22.4 Å². The maximum absolute atomic E-state index is 13.5. The number of carbonyl (C=O) groups excluding carboxylic acids is 1. The van der Waals surface area contributed by atoms with Crippen molar-refractivity contribution in [2.45, 2.75) is 37.9 Å². The first kappa shape index (κ1) is 18.7. The van der Waals surface area contributed by atoms with Crippen molar-refractivity contribution in [2.24, 2.45) is 11.7 Å². The standard InChI is InChI=1S/C14H16F4N2O.ClH/c15-10-5-4-9(14(16,17)18)7-12(10)20-13(21)6-8-2-1-3-11(8)19;/h4-5,7-8,11H,1-3,6,19H2,(H,20,21);1H/t8-,11+;/m0./s1. The number of nitrogens with two attached hydrogens (primary N) is 1. The third kappa shape index (κ3) is 4.58. The van der Waals surface area contributed by atoms with Crippen LogP contribution in [0.25, 0.3) is 0 Å². The Balaban J connectivity index is 0.00000242. The number of carbonyl (C=O) groups is 1. The molecule has 2 rings (SSSR count). The van der Waals surface area contributed by atoms with Gasteiger partial charge in [0.25, 0.3) is 0 Å². The van der Waals surface area contributed by atoms with Crippen molar-refractivity contribution in [3.8, 4) is 0 Å². The van der Waals surface area contributed by atoms with Gasteiger partial charge in [-0.2, -0.15) is 13.2 Å². The van der Waals surface area contributed by atoms with Crippen LogP contribution in [0.5, 0.6) is 0 Å². The maximum atomic E-state index is 13.5. The summed E-state index contributed by atoms with van der Waals surface area (Å²) < 4.78 is 51.2. The van der Waals surface area contributed by atoms with Gasteiger partial charge in [0.1, 0.15) is 5.82 Å². The highest BCUT2D eigenvalue weighted by atomic mass is 35.5. The Bertz CT molecular complexity index is 536. The Morgan fingerprint density at radius 1 is 1.32 bits per heavy atom. The molecule has 0 bridgehead atoms. The Hall–Kier alpha value is -1.34. The van der Waals surface area contributed by atoms with Gasteiger partial charge in [0, 0.05) is 12.5 Å². The van der Waals surface area contributed by atoms with E-state index in [4.69, 9.17) is 5.73 Å². The van der Waals surface area contributed by atoms with Gasteiger partial charge in [0.05, 0.1) is 11.3 Å². The first-order valence-electron chi connectivity index (χ1n) is 6.69. The second-order valence-electron chi connectivity index (χ2n) is 5.30. The molecule has 0 radical (unpaired) electrons. The molecule has 0 heterocycles. The molecule has 1 saturated carbocycles. The SMILES string of the molecule is Cl.N[C@@H]1CCC[C@H]1CC(=O)Nc1cc(C(F)(F)F)ccc1F. The van der Waals surface area contributed by atoms with E-state index >= 15 is 0 Å². The summed E-state index contributed by atoms with van der Waals surface area (Å²) in [7, 11) is 0. The zero-order valence-corrected chi connectivity index (χ0v) is 12.4. The number of alkyl halides is 3. The highest BCUT2D eigenvalue weighted by Crippen LogP contribution is 2.32. The van der Waals surface area contributed by atoms with Gasteiger partial charge in [-0.25, -0.2) is 4.39 Å². The number of nitrogens with one attached hydrogen (secondary N) is 1. The monoisotopic (exact) mass is 340 g/mol. The van der Waals surface area contributed by atoms with E-state index in [1.807, 2.05) is 0 Å². The Kier molecular flexibility index (Phi) is 6.19. The molecule has 1 aromatic rings. The van der Waals surface area contributed by atoms with Crippen molar-refractivity contribution in [3.05, 3.63) is 29.6 Å². The number of benzene rings is 1. The van der Waals surface area contributed by atoms with E-state index in [2.05, 4.69) is 5.32 Å². The summed E-state index contributed by atoms with van der Waals surface area (Å²) in [6, 6.07) is 1.85. The smallest absolute Gasteiger partial charge is 0.327 e. The van der Waals surface area contributed by atoms with E-state index in [0.717, 1.165) is 19.3 Å². The van der Waals surface area contributed by atoms with Crippen LogP contribution in [-0.2, 0) is 11.0 Å². The minimum absolute atomic E-state index is 0. The lowest BCUT2D eigenvalue weighted by Crippen LogP contribution is -2.28. The molecule has 22 heavy (non-hydrogen) atoms. The maximum Gasteiger partial charge on any atom is 0.416 e. The summed E-state index contributed by atoms with van der Waals surface area (Å²) in [5.41, 5.74) is 4.37. The molecule has 1 aromatic carbocycles. The Labute approximate surface area is 131 Å². The Morgan fingerprint density at radius 2 is 2.00 bits per heavy atom. The number of rotatable bonds is 3. The molecule has 0 saturated heterocycles. The first-order valence-corrected chi connectivity index (χ1v) is 6.69. The van der Waals surface area contributed by atoms with Crippen LogP contribution in [-0.4, -0.2) is 11.9 Å². The molecule has 0 aliphatic heterocycles. The number of amides is 1. The van der Waals surface area contributed by atoms with Gasteiger partial charge in [-0.1, -0.05) is 6.42 Å². The average Bonchev–Trinajstić information content (AvgIpc) is 2.76. The van der Waals surface area contributed by atoms with Gasteiger partial charge in [0.2, 0.25) is 5.91 Å². The highest BCUT2D eigenvalue weighted by molar-refractivity contribution is 5.91. The highest BCUT2D eigenvalue weighted by Gasteiger charge is 2.31. The molecule has 1 amide bonds. The fraction of sp³-hybridized carbons (Fsp3) is 0.500. The van der Waals surface area contributed by atoms with Gasteiger partial charge >= 0.3 is 6.18 Å². The average molecular weight is 341 g/mol. The van der Waals surface area contributed by atoms with Gasteiger partial charge in [-0.15, -0.1) is 12.4 Å². The molecular formula is C14H17ClF4N2O. The zero-order chi connectivity index (χ0) is 15.6. The van der Waals surface area contributed by atoms with Crippen molar-refractivity contribution in [3.63, 3.8) is 0 Å². The van der Waals surface area contributed by atoms with Crippen molar-refractivity contribution in [1.82, 2.24) is 0 Å². The van der Waals surface area contributed by atoms with E-state index in [-0.39, 0.29) is 30.8 Å². The lowest BCUT2D eigenvalue weighted by atomic mass is 10.00. The fourth-order valence-corrected chi connectivity index (χ4v) is 2.56. The molecule has 8 heteroatoms. The minimum Gasteiger partial charge on any atom is -0.327 e. The predicted octanol–water partition coefficient (Wildman–Crippen LogP) is 3.72. The van der Waals surface area contributed by atoms with E-state index in [0.29, 0.717) is 18.2 Å². The molecule has 2 atom stereocenters. The number of hydrogen-bond donors (Lipinski definition) is 2. The topological polar surface area (TPSA) is 55.1 Å². The van der Waals surface area contributed by atoms with Crippen LogP contribution >= 0.6 is 12.4 Å². The number of halogens is 5. The van der Waals surface area contributed by atoms with Crippen LogP contribution in [0, 0.1) is 11.7 Å². The zero-order valence-electron chi connectivity index (χ0n) is 11.6. The van der Waals surface area contributed by atoms with Crippen LogP contribution in [0.4, 0.5) is 23.2 Å². The van der Waals surface area contributed by atoms with Gasteiger partial charge in [-0.3, -0.25) is 4.79 Å². The van der Waals surface area contributed by atoms with E-state index < -0.39 is 29.2 Å². The van der Waals surface area contributed by atoms with Gasteiger partial charge < -0.3 is 11.1 Å². The second kappa shape index (κ2) is 7.28. The summed E-state index contributed by atoms with van der Waals surface area (Å²) in [4.78, 5) is 11.8. The van der Waals surface area contributed by atoms with Crippen molar-refractivity contribution in [2.75, 3.05) is 5.32 Å². The molecule has 1 aliphatic rings. The molecular weight excluding hydrogens is 324 g/mol. The quantitative estimate of drug-likeness (QED) is 0.824. The summed E-state index contributed by atoms with van der Waals surface area (Å²) in [5, 5.41) is 2.20. The largest absolute Gasteiger partial charge is 0.416 e. The van der Waals surface area contributed by atoms with Crippen molar-refractivity contribution >= 4 is 24.0 Å². The molecule has 1 aliphatic carbocycles. The van der Waals surface area contributed by atoms with Crippen LogP contribution in [0.3, 0.4) is 0 Å². The van der Waals surface area contributed by atoms with Crippen LogP contribution in [0.1, 0.15) is 31.2 Å². The summed E-state index contributed by atoms with van der Waals surface area (Å²) in [5.74, 6) is -1.42. The predicted molar refractivity (Wildman–Crippen MR) is 77.2 cm³/mol. The number of anilines is 1. The molecule has 1 fully saturated rings. The first-order chi connectivity index (χ1) is 9.77. The molecule has 0 aromatic heterocycles. The molecule has 3 N–H and O–H groups in total. The summed E-state index contributed by atoms with van der Waals surface area (Å²) in [6.45, 7) is 0. The van der Waals surface area contributed by atoms with Crippen molar-refractivity contribution < 1.29 is 22.4 Å². The molecule has 3 nitrogen and oxygen atoms in total. The Morgan fingerprint density at radius 3 is 2.55 bits per heavy atom. The second-order valence-corrected chi connectivity index (χ2v) is 5.30. The lowest BCUT2D eigenvalue weighted by molar-refractivity contribution is -0.137. The normalized spacial score (nSPS) is 21.3. The molecule has 0 unspecified atom stereocenters. The van der Waals surface area contributed by atoms with Crippen molar-refractivity contribution in [1.29, 1.82) is 0 Å². The van der Waals surface area contributed by atoms with Crippen LogP contribution in [0.2, 0.25) is 0 Å². The van der Waals surface area contributed by atoms with Gasteiger partial charge in [-0.05, 0) is 37.0 Å². The number of hydrogen-bond acceptors (Lipinski definition) is 2.